The Bertz CT molecular complexity index is 843. The monoisotopic (exact) mass is 266 g/mol. The molecule has 0 aliphatic rings. The highest BCUT2D eigenvalue weighted by Gasteiger charge is 2.10. The van der Waals surface area contributed by atoms with E-state index in [0.29, 0.717) is 5.56 Å². The highest BCUT2D eigenvalue weighted by Crippen LogP contribution is 2.16. The predicted molar refractivity (Wildman–Crippen MR) is 75.6 cm³/mol. The van der Waals surface area contributed by atoms with Crippen LogP contribution in [0.4, 0.5) is 0 Å². The number of oxazole rings is 1. The minimum absolute atomic E-state index is 0.00311. The number of hydrogen-bond acceptors (Lipinski definition) is 3. The van der Waals surface area contributed by atoms with Gasteiger partial charge in [-0.3, -0.25) is 14.8 Å². The van der Waals surface area contributed by atoms with Crippen molar-refractivity contribution in [1.29, 1.82) is 5.41 Å². The van der Waals surface area contributed by atoms with E-state index in [1.807, 2.05) is 49.4 Å². The quantitative estimate of drug-likeness (QED) is 0.741. The summed E-state index contributed by atoms with van der Waals surface area (Å²) in [7, 11) is 0. The van der Waals surface area contributed by atoms with Crippen molar-refractivity contribution in [3.05, 3.63) is 65.7 Å². The van der Waals surface area contributed by atoms with Gasteiger partial charge < -0.3 is 4.42 Å². The standard InChI is InChI=1S/C16H14N2O2/c1-11-10-20-16(17)18(11)9-15(19)14-7-6-12-4-2-3-5-13(12)8-14/h2-8,10,17H,9H2,1H3. The Morgan fingerprint density at radius 3 is 2.65 bits per heavy atom. The molecule has 0 aliphatic carbocycles. The molecule has 1 N–H and O–H groups in total. The van der Waals surface area contributed by atoms with Gasteiger partial charge in [0.25, 0.3) is 5.68 Å². The summed E-state index contributed by atoms with van der Waals surface area (Å²) in [6.45, 7) is 1.94. The van der Waals surface area contributed by atoms with Crippen LogP contribution in [0, 0.1) is 12.3 Å². The Morgan fingerprint density at radius 2 is 1.95 bits per heavy atom. The molecule has 2 aromatic carbocycles. The second kappa shape index (κ2) is 4.81. The van der Waals surface area contributed by atoms with E-state index in [9.17, 15) is 4.79 Å². The molecule has 0 spiro atoms. The van der Waals surface area contributed by atoms with Crippen molar-refractivity contribution < 1.29 is 9.21 Å². The molecule has 0 fully saturated rings. The van der Waals surface area contributed by atoms with Crippen molar-refractivity contribution in [3.8, 4) is 0 Å². The molecule has 3 aromatic rings. The van der Waals surface area contributed by atoms with Crippen molar-refractivity contribution in [1.82, 2.24) is 4.57 Å². The second-order valence-electron chi connectivity index (χ2n) is 4.75. The van der Waals surface area contributed by atoms with Crippen LogP contribution in [0.5, 0.6) is 0 Å². The minimum Gasteiger partial charge on any atom is -0.432 e. The molecule has 0 radical (unpaired) electrons. The summed E-state index contributed by atoms with van der Waals surface area (Å²) in [6, 6.07) is 13.6. The van der Waals surface area contributed by atoms with Crippen molar-refractivity contribution in [3.63, 3.8) is 0 Å². The first kappa shape index (κ1) is 12.4. The van der Waals surface area contributed by atoms with Gasteiger partial charge in [-0.25, -0.2) is 0 Å². The predicted octanol–water partition coefficient (Wildman–Crippen LogP) is 2.91. The summed E-state index contributed by atoms with van der Waals surface area (Å²) < 4.78 is 6.53. The van der Waals surface area contributed by atoms with E-state index < -0.39 is 0 Å². The molecule has 0 saturated heterocycles. The zero-order chi connectivity index (χ0) is 14.1. The molecule has 4 nitrogen and oxygen atoms in total. The summed E-state index contributed by atoms with van der Waals surface area (Å²) in [6.07, 6.45) is 1.48. The Kier molecular flexibility index (Phi) is 2.99. The first-order valence-electron chi connectivity index (χ1n) is 6.37. The third-order valence-electron chi connectivity index (χ3n) is 3.39. The number of Topliss-reactive ketones (excluding diaryl/α,β-unsaturated/α-hetero) is 1. The number of carbonyl (C=O) groups excluding carboxylic acids is 1. The maximum absolute atomic E-state index is 12.3. The molecule has 0 atom stereocenters. The normalized spacial score (nSPS) is 10.8. The summed E-state index contributed by atoms with van der Waals surface area (Å²) in [5.41, 5.74) is 1.41. The maximum atomic E-state index is 12.3. The number of carbonyl (C=O) groups is 1. The first-order chi connectivity index (χ1) is 9.65. The SMILES string of the molecule is Cc1coc(=N)n1CC(=O)c1ccc2ccccc2c1. The molecule has 1 aromatic heterocycles. The molecule has 0 aliphatic heterocycles. The summed E-state index contributed by atoms with van der Waals surface area (Å²) >= 11 is 0. The van der Waals surface area contributed by atoms with Crippen LogP contribution < -0.4 is 5.68 Å². The third-order valence-corrected chi connectivity index (χ3v) is 3.39. The highest BCUT2D eigenvalue weighted by atomic mass is 16.3. The maximum Gasteiger partial charge on any atom is 0.294 e. The van der Waals surface area contributed by atoms with E-state index in [4.69, 9.17) is 9.83 Å². The van der Waals surface area contributed by atoms with Crippen LogP contribution >= 0.6 is 0 Å². The van der Waals surface area contributed by atoms with Gasteiger partial charge in [-0.05, 0) is 23.8 Å². The molecule has 20 heavy (non-hydrogen) atoms. The average Bonchev–Trinajstić information content (AvgIpc) is 2.78. The lowest BCUT2D eigenvalue weighted by molar-refractivity contribution is 0.0968. The van der Waals surface area contributed by atoms with Crippen LogP contribution in [0.3, 0.4) is 0 Å². The lowest BCUT2D eigenvalue weighted by atomic mass is 10.0. The average molecular weight is 266 g/mol. The number of aryl methyl sites for hydroxylation is 1. The lowest BCUT2D eigenvalue weighted by Crippen LogP contribution is -2.21. The number of aromatic nitrogens is 1. The number of nitrogens with zero attached hydrogens (tertiary/aromatic N) is 1. The summed E-state index contributed by atoms with van der Waals surface area (Å²) in [5.74, 6) is -0.0289. The number of hydrogen-bond donors (Lipinski definition) is 1. The zero-order valence-electron chi connectivity index (χ0n) is 11.1. The van der Waals surface area contributed by atoms with Crippen molar-refractivity contribution in [2.75, 3.05) is 0 Å². The fourth-order valence-electron chi connectivity index (χ4n) is 2.22. The van der Waals surface area contributed by atoms with E-state index in [-0.39, 0.29) is 18.0 Å². The highest BCUT2D eigenvalue weighted by molar-refractivity contribution is 5.99. The van der Waals surface area contributed by atoms with Gasteiger partial charge in [-0.15, -0.1) is 0 Å². The van der Waals surface area contributed by atoms with Gasteiger partial charge in [-0.1, -0.05) is 36.4 Å². The zero-order valence-corrected chi connectivity index (χ0v) is 11.1. The van der Waals surface area contributed by atoms with Crippen molar-refractivity contribution in [2.45, 2.75) is 13.5 Å². The largest absolute Gasteiger partial charge is 0.432 e. The van der Waals surface area contributed by atoms with Gasteiger partial charge in [0.15, 0.2) is 5.78 Å². The number of nitrogens with one attached hydrogen (secondary N) is 1. The Balaban J connectivity index is 1.95. The Labute approximate surface area is 115 Å². The van der Waals surface area contributed by atoms with Gasteiger partial charge in [0.2, 0.25) is 0 Å². The number of fused-ring (bicyclic) bond motifs is 1. The van der Waals surface area contributed by atoms with Crippen molar-refractivity contribution >= 4 is 16.6 Å². The molecule has 3 rings (SSSR count). The molecule has 0 saturated carbocycles. The van der Waals surface area contributed by atoms with Crippen LogP contribution in [0.1, 0.15) is 16.1 Å². The summed E-state index contributed by atoms with van der Waals surface area (Å²) in [4.78, 5) is 12.3. The van der Waals surface area contributed by atoms with Gasteiger partial charge in [-0.2, -0.15) is 0 Å². The Hall–Kier alpha value is -2.62. The summed E-state index contributed by atoms with van der Waals surface area (Å²) in [5, 5.41) is 9.77. The number of benzene rings is 2. The van der Waals surface area contributed by atoms with E-state index in [1.165, 1.54) is 6.26 Å². The molecular formula is C16H14N2O2. The van der Waals surface area contributed by atoms with Gasteiger partial charge in [0.05, 0.1) is 12.2 Å². The molecular weight excluding hydrogens is 252 g/mol. The third kappa shape index (κ3) is 2.16. The van der Waals surface area contributed by atoms with Crippen LogP contribution in [-0.4, -0.2) is 10.4 Å². The minimum atomic E-state index is -0.0289. The molecule has 4 heteroatoms. The van der Waals surface area contributed by atoms with Gasteiger partial charge >= 0.3 is 0 Å². The molecule has 0 amide bonds. The van der Waals surface area contributed by atoms with Gasteiger partial charge in [0.1, 0.15) is 6.26 Å². The fourth-order valence-corrected chi connectivity index (χ4v) is 2.22. The van der Waals surface area contributed by atoms with Crippen LogP contribution in [-0.2, 0) is 6.54 Å². The smallest absolute Gasteiger partial charge is 0.294 e. The van der Waals surface area contributed by atoms with E-state index in [2.05, 4.69) is 0 Å². The molecule has 1 heterocycles. The molecule has 100 valence electrons. The van der Waals surface area contributed by atoms with Crippen LogP contribution in [0.25, 0.3) is 10.8 Å². The number of rotatable bonds is 3. The van der Waals surface area contributed by atoms with Crippen molar-refractivity contribution in [2.24, 2.45) is 0 Å². The first-order valence-corrected chi connectivity index (χ1v) is 6.37. The van der Waals surface area contributed by atoms with E-state index in [0.717, 1.165) is 16.5 Å². The molecule has 0 bridgehead atoms. The van der Waals surface area contributed by atoms with Gasteiger partial charge in [0, 0.05) is 5.56 Å². The topological polar surface area (TPSA) is 59.0 Å². The lowest BCUT2D eigenvalue weighted by Gasteiger charge is -2.05. The fraction of sp³-hybridized carbons (Fsp3) is 0.125. The Morgan fingerprint density at radius 1 is 1.20 bits per heavy atom. The number of ketones is 1. The van der Waals surface area contributed by atoms with Crippen LogP contribution in [0.2, 0.25) is 0 Å². The van der Waals surface area contributed by atoms with E-state index in [1.54, 1.807) is 4.57 Å². The molecule has 0 unspecified atom stereocenters. The second-order valence-corrected chi connectivity index (χ2v) is 4.75. The van der Waals surface area contributed by atoms with E-state index >= 15 is 0 Å². The van der Waals surface area contributed by atoms with Crippen LogP contribution in [0.15, 0.2) is 53.1 Å².